The van der Waals surface area contributed by atoms with Crippen LogP contribution in [-0.4, -0.2) is 52.2 Å². The fourth-order valence-corrected chi connectivity index (χ4v) is 4.79. The van der Waals surface area contributed by atoms with Crippen LogP contribution < -0.4 is 10.1 Å². The van der Waals surface area contributed by atoms with Gasteiger partial charge in [-0.05, 0) is 86.9 Å². The largest absolute Gasteiger partial charge is 0.457 e. The predicted molar refractivity (Wildman–Crippen MR) is 132 cm³/mol. The molecule has 2 amide bonds. The van der Waals surface area contributed by atoms with Crippen molar-refractivity contribution < 1.29 is 9.53 Å². The molecule has 34 heavy (non-hydrogen) atoms. The molecule has 2 aromatic carbocycles. The molecule has 0 bridgehead atoms. The minimum atomic E-state index is -0.0938. The first-order chi connectivity index (χ1) is 16.5. The zero-order valence-electron chi connectivity index (χ0n) is 19.2. The Hall–Kier alpha value is -3.16. The molecule has 1 aromatic heterocycles. The van der Waals surface area contributed by atoms with Gasteiger partial charge in [0.1, 0.15) is 11.5 Å². The summed E-state index contributed by atoms with van der Waals surface area (Å²) in [6, 6.07) is 19.2. The van der Waals surface area contributed by atoms with Gasteiger partial charge >= 0.3 is 6.03 Å². The minimum absolute atomic E-state index is 0.0938. The number of carbonyl (C=O) groups excluding carboxylic acids is 1. The van der Waals surface area contributed by atoms with E-state index in [9.17, 15) is 4.79 Å². The number of nitrogens with zero attached hydrogens (tertiary/aromatic N) is 4. The van der Waals surface area contributed by atoms with Gasteiger partial charge in [0.05, 0.1) is 5.69 Å². The molecule has 3 aromatic rings. The van der Waals surface area contributed by atoms with Crippen molar-refractivity contribution in [3.63, 3.8) is 0 Å². The molecule has 176 valence electrons. The fraction of sp³-hybridized carbons (Fsp3) is 0.346. The Kier molecular flexibility index (Phi) is 6.39. The zero-order chi connectivity index (χ0) is 23.5. The van der Waals surface area contributed by atoms with Crippen LogP contribution in [0, 0.1) is 12.3 Å². The molecule has 0 aliphatic carbocycles. The van der Waals surface area contributed by atoms with Crippen molar-refractivity contribution in [1.82, 2.24) is 20.0 Å². The second-order valence-corrected chi connectivity index (χ2v) is 9.76. The molecule has 0 atom stereocenters. The molecular formula is C26H28ClN5O2. The van der Waals surface area contributed by atoms with E-state index in [0.29, 0.717) is 10.8 Å². The molecular weight excluding hydrogens is 450 g/mol. The monoisotopic (exact) mass is 477 g/mol. The fourth-order valence-electron chi connectivity index (χ4n) is 4.67. The van der Waals surface area contributed by atoms with E-state index in [4.69, 9.17) is 16.3 Å². The average molecular weight is 478 g/mol. The number of benzene rings is 2. The van der Waals surface area contributed by atoms with Gasteiger partial charge in [-0.25, -0.2) is 4.79 Å². The molecule has 1 N–H and O–H groups in total. The van der Waals surface area contributed by atoms with Crippen molar-refractivity contribution in [3.8, 4) is 11.5 Å². The van der Waals surface area contributed by atoms with Crippen LogP contribution in [0.4, 0.5) is 10.6 Å². The minimum Gasteiger partial charge on any atom is -0.457 e. The number of hydrogen-bond acceptors (Lipinski definition) is 5. The molecule has 0 radical (unpaired) electrons. The lowest BCUT2D eigenvalue weighted by Gasteiger charge is -2.53. The van der Waals surface area contributed by atoms with Crippen LogP contribution >= 0.6 is 11.6 Å². The molecule has 8 heteroatoms. The van der Waals surface area contributed by atoms with Crippen molar-refractivity contribution in [2.75, 3.05) is 31.5 Å². The number of urea groups is 1. The van der Waals surface area contributed by atoms with Crippen molar-refractivity contribution in [3.05, 3.63) is 76.9 Å². The summed E-state index contributed by atoms with van der Waals surface area (Å²) in [6.45, 7) is 6.43. The van der Waals surface area contributed by atoms with Crippen LogP contribution in [0.3, 0.4) is 0 Å². The van der Waals surface area contributed by atoms with Crippen LogP contribution in [0.25, 0.3) is 0 Å². The Labute approximate surface area is 204 Å². The molecule has 5 rings (SSSR count). The number of halogens is 1. The van der Waals surface area contributed by atoms with Crippen LogP contribution in [0.15, 0.2) is 60.7 Å². The third-order valence-electron chi connectivity index (χ3n) is 6.64. The number of rotatable bonds is 5. The van der Waals surface area contributed by atoms with Gasteiger partial charge in [-0.1, -0.05) is 23.7 Å². The number of hydrogen-bond donors (Lipinski definition) is 1. The highest BCUT2D eigenvalue weighted by atomic mass is 35.5. The van der Waals surface area contributed by atoms with E-state index in [2.05, 4.69) is 32.5 Å². The molecule has 0 saturated carbocycles. The summed E-state index contributed by atoms with van der Waals surface area (Å²) in [5.74, 6) is 2.09. The summed E-state index contributed by atoms with van der Waals surface area (Å²) in [6.07, 6.45) is 2.20. The summed E-state index contributed by atoms with van der Waals surface area (Å²) in [4.78, 5) is 16.9. The number of amides is 2. The molecule has 0 unspecified atom stereocenters. The smallest absolute Gasteiger partial charge is 0.323 e. The van der Waals surface area contributed by atoms with Crippen LogP contribution in [-0.2, 0) is 6.54 Å². The van der Waals surface area contributed by atoms with Gasteiger partial charge in [0, 0.05) is 30.1 Å². The third kappa shape index (κ3) is 5.32. The van der Waals surface area contributed by atoms with Gasteiger partial charge in [-0.2, -0.15) is 5.10 Å². The first-order valence-corrected chi connectivity index (χ1v) is 12.0. The Morgan fingerprint density at radius 2 is 1.79 bits per heavy atom. The van der Waals surface area contributed by atoms with Gasteiger partial charge in [0.2, 0.25) is 0 Å². The number of carbonyl (C=O) groups is 1. The van der Waals surface area contributed by atoms with E-state index in [-0.39, 0.29) is 11.4 Å². The van der Waals surface area contributed by atoms with Gasteiger partial charge < -0.3 is 9.64 Å². The predicted octanol–water partition coefficient (Wildman–Crippen LogP) is 5.36. The SMILES string of the molecule is Cc1ccc(NC(=O)N2CC3(CCN(Cc4cccc(Oc5ccc(Cl)cc5)c4)CC3)C2)nn1. The van der Waals surface area contributed by atoms with E-state index >= 15 is 0 Å². The highest BCUT2D eigenvalue weighted by Crippen LogP contribution is 2.41. The number of aromatic nitrogens is 2. The van der Waals surface area contributed by atoms with Gasteiger partial charge in [-0.3, -0.25) is 10.2 Å². The van der Waals surface area contributed by atoms with Gasteiger partial charge in [-0.15, -0.1) is 5.10 Å². The first kappa shape index (κ1) is 22.6. The van der Waals surface area contributed by atoms with Gasteiger partial charge in [0.25, 0.3) is 0 Å². The molecule has 1 spiro atoms. The second kappa shape index (κ2) is 9.60. The lowest BCUT2D eigenvalue weighted by atomic mass is 9.72. The van der Waals surface area contributed by atoms with E-state index in [1.165, 1.54) is 5.56 Å². The van der Waals surface area contributed by atoms with Crippen LogP contribution in [0.5, 0.6) is 11.5 Å². The first-order valence-electron chi connectivity index (χ1n) is 11.6. The Morgan fingerprint density at radius 3 is 2.50 bits per heavy atom. The average Bonchev–Trinajstić information content (AvgIpc) is 2.81. The lowest BCUT2D eigenvalue weighted by Crippen LogP contribution is -2.62. The Balaban J connectivity index is 1.09. The molecule has 3 heterocycles. The quantitative estimate of drug-likeness (QED) is 0.535. The highest BCUT2D eigenvalue weighted by molar-refractivity contribution is 6.30. The number of nitrogens with one attached hydrogen (secondary N) is 1. The molecule has 2 aliphatic rings. The number of aryl methyl sites for hydroxylation is 1. The Morgan fingerprint density at radius 1 is 1.03 bits per heavy atom. The van der Waals surface area contributed by atoms with E-state index in [0.717, 1.165) is 62.8 Å². The highest BCUT2D eigenvalue weighted by Gasteiger charge is 2.46. The summed E-state index contributed by atoms with van der Waals surface area (Å²) >= 11 is 5.96. The maximum absolute atomic E-state index is 12.5. The lowest BCUT2D eigenvalue weighted by molar-refractivity contribution is -0.0200. The van der Waals surface area contributed by atoms with Crippen molar-refractivity contribution in [2.45, 2.75) is 26.3 Å². The Bertz CT molecular complexity index is 1140. The van der Waals surface area contributed by atoms with Crippen molar-refractivity contribution in [2.24, 2.45) is 5.41 Å². The standard InChI is InChI=1S/C26H28ClN5O2/c1-19-5-10-24(30-29-19)28-25(33)32-17-26(18-32)11-13-31(14-12-26)16-20-3-2-4-23(15-20)34-22-8-6-21(27)7-9-22/h2-10,15H,11-14,16-18H2,1H3,(H,28,30,33). The summed E-state index contributed by atoms with van der Waals surface area (Å²) in [5, 5.41) is 11.5. The molecule has 2 fully saturated rings. The maximum atomic E-state index is 12.5. The van der Waals surface area contributed by atoms with Gasteiger partial charge in [0.15, 0.2) is 5.82 Å². The summed E-state index contributed by atoms with van der Waals surface area (Å²) in [5.41, 5.74) is 2.30. The van der Waals surface area contributed by atoms with E-state index in [1.807, 2.05) is 54.3 Å². The topological polar surface area (TPSA) is 70.6 Å². The van der Waals surface area contributed by atoms with Crippen LogP contribution in [0.2, 0.25) is 5.02 Å². The van der Waals surface area contributed by atoms with Crippen molar-refractivity contribution in [1.29, 1.82) is 0 Å². The molecule has 2 saturated heterocycles. The number of anilines is 1. The number of likely N-dealkylation sites (tertiary alicyclic amines) is 2. The van der Waals surface area contributed by atoms with E-state index in [1.54, 1.807) is 6.07 Å². The van der Waals surface area contributed by atoms with Crippen LogP contribution in [0.1, 0.15) is 24.1 Å². The molecule has 7 nitrogen and oxygen atoms in total. The number of ether oxygens (including phenoxy) is 1. The third-order valence-corrected chi connectivity index (χ3v) is 6.90. The normalized spacial score (nSPS) is 17.3. The second-order valence-electron chi connectivity index (χ2n) is 9.33. The van der Waals surface area contributed by atoms with E-state index < -0.39 is 0 Å². The van der Waals surface area contributed by atoms with Crippen molar-refractivity contribution >= 4 is 23.4 Å². The summed E-state index contributed by atoms with van der Waals surface area (Å²) < 4.78 is 5.98. The number of piperidine rings is 1. The zero-order valence-corrected chi connectivity index (χ0v) is 20.0. The maximum Gasteiger partial charge on any atom is 0.323 e. The molecule has 2 aliphatic heterocycles. The summed E-state index contributed by atoms with van der Waals surface area (Å²) in [7, 11) is 0.